The minimum absolute atomic E-state index is 0.560. The van der Waals surface area contributed by atoms with Crippen LogP contribution in [-0.4, -0.2) is 29.5 Å². The first kappa shape index (κ1) is 20.8. The molecule has 8 aromatic rings. The number of aromatic amines is 1. The van der Waals surface area contributed by atoms with Crippen LogP contribution in [0.15, 0.2) is 115 Å². The number of hydrogen-bond donors (Lipinski definition) is 1. The molecule has 0 fully saturated rings. The van der Waals surface area contributed by atoms with Crippen molar-refractivity contribution in [3.8, 4) is 28.7 Å². The number of para-hydroxylation sites is 2. The lowest BCUT2D eigenvalue weighted by Crippen LogP contribution is -2.06. The van der Waals surface area contributed by atoms with Gasteiger partial charge in [-0.3, -0.25) is 4.57 Å². The summed E-state index contributed by atoms with van der Waals surface area (Å²) in [6.07, 6.45) is 0. The molecule has 4 heterocycles. The van der Waals surface area contributed by atoms with Crippen molar-refractivity contribution >= 4 is 43.9 Å². The Morgan fingerprint density at radius 1 is 0.500 bits per heavy atom. The maximum atomic E-state index is 5.10. The number of rotatable bonds is 3. The molecule has 0 amide bonds. The van der Waals surface area contributed by atoms with Crippen molar-refractivity contribution in [3.63, 3.8) is 0 Å². The van der Waals surface area contributed by atoms with Crippen LogP contribution in [0.25, 0.3) is 72.6 Å². The molecule has 0 aliphatic heterocycles. The molecule has 6 nitrogen and oxygen atoms in total. The van der Waals surface area contributed by atoms with Gasteiger partial charge in [-0.1, -0.05) is 97.1 Å². The molecule has 1 N–H and O–H groups in total. The molecule has 178 valence electrons. The zero-order valence-corrected chi connectivity index (χ0v) is 20.2. The van der Waals surface area contributed by atoms with Gasteiger partial charge in [-0.25, -0.2) is 9.97 Å². The first-order valence-electron chi connectivity index (χ1n) is 12.5. The Morgan fingerprint density at radius 2 is 1.11 bits per heavy atom. The third-order valence-electron chi connectivity index (χ3n) is 7.00. The molecule has 0 bridgehead atoms. The van der Waals surface area contributed by atoms with Gasteiger partial charge < -0.3 is 4.98 Å². The quantitative estimate of drug-likeness (QED) is 0.283. The Labute approximate surface area is 217 Å². The lowest BCUT2D eigenvalue weighted by atomic mass is 10.2. The molecule has 0 spiro atoms. The first-order chi connectivity index (χ1) is 18.8. The van der Waals surface area contributed by atoms with Crippen LogP contribution in [0.5, 0.6) is 0 Å². The smallest absolute Gasteiger partial charge is 0.238 e. The number of aromatic nitrogens is 6. The lowest BCUT2D eigenvalue weighted by Gasteiger charge is -2.10. The second kappa shape index (κ2) is 8.08. The number of nitrogens with one attached hydrogen (secondary N) is 1. The summed E-state index contributed by atoms with van der Waals surface area (Å²) < 4.78 is 2.11. The van der Waals surface area contributed by atoms with Crippen LogP contribution in [0.2, 0.25) is 0 Å². The van der Waals surface area contributed by atoms with Gasteiger partial charge in [-0.05, 0) is 18.2 Å². The van der Waals surface area contributed by atoms with Crippen LogP contribution in [0, 0.1) is 0 Å². The number of pyridine rings is 1. The van der Waals surface area contributed by atoms with Crippen molar-refractivity contribution in [3.05, 3.63) is 115 Å². The van der Waals surface area contributed by atoms with Gasteiger partial charge in [0.15, 0.2) is 11.6 Å². The molecule has 0 saturated carbocycles. The monoisotopic (exact) mass is 488 g/mol. The Hall–Kier alpha value is -5.36. The molecule has 0 saturated heterocycles. The van der Waals surface area contributed by atoms with Crippen LogP contribution in [0.4, 0.5) is 0 Å². The standard InChI is InChI=1S/C32H20N6/c1-3-11-20(12-4-1)29-35-30(21-13-5-2-6-14-21)37-32(36-29)38-26-18-10-8-16-23(26)28-27(38)19-24-22-15-7-9-17-25(22)33-31(24)34-28/h1-19H,(H,33,34). The van der Waals surface area contributed by atoms with E-state index in [1.54, 1.807) is 0 Å². The number of hydrogen-bond acceptors (Lipinski definition) is 4. The summed E-state index contributed by atoms with van der Waals surface area (Å²) in [6, 6.07) is 38.9. The summed E-state index contributed by atoms with van der Waals surface area (Å²) in [7, 11) is 0. The second-order valence-electron chi connectivity index (χ2n) is 9.29. The fourth-order valence-electron chi connectivity index (χ4n) is 5.24. The summed E-state index contributed by atoms with van der Waals surface area (Å²) >= 11 is 0. The number of H-pyrrole nitrogens is 1. The van der Waals surface area contributed by atoms with Crippen LogP contribution in [0.1, 0.15) is 0 Å². The SMILES string of the molecule is c1ccc(-c2nc(-c3ccccc3)nc(-n3c4ccccc4c4nc5[nH]c6ccccc6c5cc43)n2)cc1. The molecule has 38 heavy (non-hydrogen) atoms. The minimum atomic E-state index is 0.560. The molecule has 4 aromatic heterocycles. The van der Waals surface area contributed by atoms with Crippen LogP contribution < -0.4 is 0 Å². The highest BCUT2D eigenvalue weighted by atomic mass is 15.2. The lowest BCUT2D eigenvalue weighted by molar-refractivity contribution is 0.953. The van der Waals surface area contributed by atoms with Gasteiger partial charge >= 0.3 is 0 Å². The minimum Gasteiger partial charge on any atom is -0.339 e. The van der Waals surface area contributed by atoms with E-state index in [4.69, 9.17) is 19.9 Å². The molecular formula is C32H20N6. The predicted octanol–water partition coefficient (Wildman–Crippen LogP) is 7.33. The fraction of sp³-hybridized carbons (Fsp3) is 0. The van der Waals surface area contributed by atoms with E-state index in [0.29, 0.717) is 17.6 Å². The van der Waals surface area contributed by atoms with Crippen LogP contribution in [-0.2, 0) is 0 Å². The molecule has 6 heteroatoms. The summed E-state index contributed by atoms with van der Waals surface area (Å²) in [5, 5.41) is 3.25. The van der Waals surface area contributed by atoms with Gasteiger partial charge in [0.05, 0.1) is 16.6 Å². The van der Waals surface area contributed by atoms with Gasteiger partial charge in [0.1, 0.15) is 5.65 Å². The maximum Gasteiger partial charge on any atom is 0.238 e. The number of fused-ring (bicyclic) bond motifs is 6. The van der Waals surface area contributed by atoms with Crippen molar-refractivity contribution in [2.75, 3.05) is 0 Å². The zero-order valence-electron chi connectivity index (χ0n) is 20.2. The maximum absolute atomic E-state index is 5.10. The molecule has 0 atom stereocenters. The number of nitrogens with zero attached hydrogens (tertiary/aromatic N) is 5. The summed E-state index contributed by atoms with van der Waals surface area (Å²) in [6.45, 7) is 0. The van der Waals surface area contributed by atoms with Gasteiger partial charge in [-0.15, -0.1) is 0 Å². The zero-order chi connectivity index (χ0) is 25.1. The Balaban J connectivity index is 1.49. The average molecular weight is 489 g/mol. The van der Waals surface area contributed by atoms with Gasteiger partial charge in [-0.2, -0.15) is 9.97 Å². The van der Waals surface area contributed by atoms with E-state index in [0.717, 1.165) is 55.0 Å². The van der Waals surface area contributed by atoms with Crippen molar-refractivity contribution < 1.29 is 0 Å². The average Bonchev–Trinajstić information content (AvgIpc) is 3.51. The summed E-state index contributed by atoms with van der Waals surface area (Å²) in [4.78, 5) is 23.5. The Bertz CT molecular complexity index is 2070. The highest BCUT2D eigenvalue weighted by molar-refractivity contribution is 6.14. The molecule has 8 rings (SSSR count). The van der Waals surface area contributed by atoms with E-state index in [9.17, 15) is 0 Å². The van der Waals surface area contributed by atoms with E-state index in [-0.39, 0.29) is 0 Å². The highest BCUT2D eigenvalue weighted by Gasteiger charge is 2.20. The Kier molecular flexibility index (Phi) is 4.42. The summed E-state index contributed by atoms with van der Waals surface area (Å²) in [5.74, 6) is 1.81. The Morgan fingerprint density at radius 3 is 1.82 bits per heavy atom. The first-order valence-corrected chi connectivity index (χ1v) is 12.5. The largest absolute Gasteiger partial charge is 0.339 e. The van der Waals surface area contributed by atoms with Crippen molar-refractivity contribution in [2.45, 2.75) is 0 Å². The van der Waals surface area contributed by atoms with E-state index in [1.807, 2.05) is 78.9 Å². The normalized spacial score (nSPS) is 11.7. The third kappa shape index (κ3) is 3.14. The van der Waals surface area contributed by atoms with Crippen molar-refractivity contribution in [2.24, 2.45) is 0 Å². The molecule has 4 aromatic carbocycles. The van der Waals surface area contributed by atoms with Gasteiger partial charge in [0.2, 0.25) is 5.95 Å². The van der Waals surface area contributed by atoms with Gasteiger partial charge in [0.25, 0.3) is 0 Å². The van der Waals surface area contributed by atoms with Crippen molar-refractivity contribution in [1.82, 2.24) is 29.5 Å². The number of benzene rings is 4. The predicted molar refractivity (Wildman–Crippen MR) is 152 cm³/mol. The van der Waals surface area contributed by atoms with E-state index in [2.05, 4.69) is 45.9 Å². The van der Waals surface area contributed by atoms with E-state index in [1.165, 1.54) is 0 Å². The van der Waals surface area contributed by atoms with Gasteiger partial charge in [0, 0.05) is 32.8 Å². The molecular weight excluding hydrogens is 468 g/mol. The van der Waals surface area contributed by atoms with Crippen LogP contribution >= 0.6 is 0 Å². The van der Waals surface area contributed by atoms with E-state index < -0.39 is 0 Å². The third-order valence-corrected chi connectivity index (χ3v) is 7.00. The fourth-order valence-corrected chi connectivity index (χ4v) is 5.24. The van der Waals surface area contributed by atoms with E-state index >= 15 is 0 Å². The highest BCUT2D eigenvalue weighted by Crippen LogP contribution is 2.35. The molecule has 0 radical (unpaired) electrons. The van der Waals surface area contributed by atoms with Crippen molar-refractivity contribution in [1.29, 1.82) is 0 Å². The molecule has 0 aliphatic rings. The molecule has 0 aliphatic carbocycles. The second-order valence-corrected chi connectivity index (χ2v) is 9.29. The summed E-state index contributed by atoms with van der Waals surface area (Å²) in [5.41, 5.74) is 6.66. The molecule has 0 unspecified atom stereocenters. The topological polar surface area (TPSA) is 72.3 Å². The van der Waals surface area contributed by atoms with Crippen LogP contribution in [0.3, 0.4) is 0 Å².